The van der Waals surface area contributed by atoms with Gasteiger partial charge in [0.1, 0.15) is 4.21 Å². The van der Waals surface area contributed by atoms with Gasteiger partial charge in [0.25, 0.3) is 0 Å². The van der Waals surface area contributed by atoms with E-state index in [4.69, 9.17) is 9.84 Å². The van der Waals surface area contributed by atoms with E-state index >= 15 is 0 Å². The Morgan fingerprint density at radius 2 is 2.17 bits per heavy atom. The van der Waals surface area contributed by atoms with Crippen LogP contribution in [0.4, 0.5) is 0 Å². The summed E-state index contributed by atoms with van der Waals surface area (Å²) in [5.74, 6) is 0. The van der Waals surface area contributed by atoms with Crippen molar-refractivity contribution in [2.75, 3.05) is 26.4 Å². The van der Waals surface area contributed by atoms with Crippen LogP contribution in [-0.4, -0.2) is 39.9 Å². The van der Waals surface area contributed by atoms with Crippen LogP contribution in [0.3, 0.4) is 0 Å². The fourth-order valence-corrected chi connectivity index (χ4v) is 3.73. The summed E-state index contributed by atoms with van der Waals surface area (Å²) in [6.45, 7) is 3.05. The molecule has 104 valence electrons. The first kappa shape index (κ1) is 15.6. The van der Waals surface area contributed by atoms with Gasteiger partial charge in [-0.05, 0) is 25.0 Å². The van der Waals surface area contributed by atoms with Crippen LogP contribution >= 0.6 is 11.3 Å². The lowest BCUT2D eigenvalue weighted by Gasteiger charge is -2.05. The maximum absolute atomic E-state index is 11.9. The van der Waals surface area contributed by atoms with E-state index in [1.165, 1.54) is 11.3 Å². The highest BCUT2D eigenvalue weighted by atomic mass is 32.2. The van der Waals surface area contributed by atoms with Crippen LogP contribution in [0.5, 0.6) is 0 Å². The van der Waals surface area contributed by atoms with Gasteiger partial charge in [0.2, 0.25) is 10.0 Å². The van der Waals surface area contributed by atoms with Crippen molar-refractivity contribution in [2.24, 2.45) is 0 Å². The molecule has 1 aromatic heterocycles. The van der Waals surface area contributed by atoms with E-state index in [-0.39, 0.29) is 13.2 Å². The Bertz CT molecular complexity index is 442. The average Bonchev–Trinajstić information content (AvgIpc) is 2.83. The molecule has 0 aromatic carbocycles. The predicted molar refractivity (Wildman–Crippen MR) is 71.4 cm³/mol. The van der Waals surface area contributed by atoms with Crippen LogP contribution < -0.4 is 4.72 Å². The maximum atomic E-state index is 11.9. The summed E-state index contributed by atoms with van der Waals surface area (Å²) in [6, 6.07) is 3.47. The molecule has 0 saturated heterocycles. The van der Waals surface area contributed by atoms with Crippen LogP contribution in [0.1, 0.15) is 18.2 Å². The lowest BCUT2D eigenvalue weighted by molar-refractivity contribution is 0.0913. The molecular weight excluding hydrogens is 274 g/mol. The third kappa shape index (κ3) is 5.03. The zero-order valence-corrected chi connectivity index (χ0v) is 12.0. The quantitative estimate of drug-likeness (QED) is 0.666. The number of hydrogen-bond acceptors (Lipinski definition) is 5. The molecule has 0 spiro atoms. The van der Waals surface area contributed by atoms with E-state index in [1.54, 1.807) is 6.07 Å². The summed E-state index contributed by atoms with van der Waals surface area (Å²) in [6.07, 6.45) is 1.43. The zero-order valence-electron chi connectivity index (χ0n) is 10.4. The van der Waals surface area contributed by atoms with Gasteiger partial charge in [0.15, 0.2) is 0 Å². The van der Waals surface area contributed by atoms with Crippen molar-refractivity contribution in [1.29, 1.82) is 0 Å². The van der Waals surface area contributed by atoms with E-state index in [0.717, 1.165) is 11.3 Å². The molecule has 7 heteroatoms. The first-order chi connectivity index (χ1) is 8.60. The fraction of sp³-hybridized carbons (Fsp3) is 0.636. The number of rotatable bonds is 9. The Labute approximate surface area is 112 Å². The second kappa shape index (κ2) is 7.85. The van der Waals surface area contributed by atoms with Gasteiger partial charge >= 0.3 is 0 Å². The van der Waals surface area contributed by atoms with Crippen molar-refractivity contribution in [1.82, 2.24) is 4.72 Å². The molecule has 0 saturated carbocycles. The Morgan fingerprint density at radius 1 is 1.39 bits per heavy atom. The third-order valence-electron chi connectivity index (χ3n) is 2.24. The van der Waals surface area contributed by atoms with E-state index in [0.29, 0.717) is 23.8 Å². The summed E-state index contributed by atoms with van der Waals surface area (Å²) < 4.78 is 31.7. The molecule has 0 bridgehead atoms. The third-order valence-corrected chi connectivity index (χ3v) is 5.43. The van der Waals surface area contributed by atoms with Crippen LogP contribution in [0.15, 0.2) is 16.3 Å². The van der Waals surface area contributed by atoms with Crippen LogP contribution in [0, 0.1) is 0 Å². The molecule has 0 unspecified atom stereocenters. The summed E-state index contributed by atoms with van der Waals surface area (Å²) in [4.78, 5) is 1.06. The molecule has 5 nitrogen and oxygen atoms in total. The van der Waals surface area contributed by atoms with Gasteiger partial charge in [0, 0.05) is 18.0 Å². The average molecular weight is 293 g/mol. The second-order valence-electron chi connectivity index (χ2n) is 3.66. The van der Waals surface area contributed by atoms with Crippen LogP contribution in [0.25, 0.3) is 0 Å². The molecule has 2 N–H and O–H groups in total. The standard InChI is InChI=1S/C11H19NO4S2/c1-2-10-4-5-11(17-10)18(14,15)12-6-3-8-16-9-7-13/h4-5,12-13H,2-3,6-9H2,1H3. The maximum Gasteiger partial charge on any atom is 0.250 e. The molecule has 0 radical (unpaired) electrons. The molecule has 0 aliphatic heterocycles. The van der Waals surface area contributed by atoms with Gasteiger partial charge in [-0.3, -0.25) is 0 Å². The van der Waals surface area contributed by atoms with E-state index in [9.17, 15) is 8.42 Å². The number of aliphatic hydroxyl groups is 1. The van der Waals surface area contributed by atoms with E-state index < -0.39 is 10.0 Å². The lowest BCUT2D eigenvalue weighted by Crippen LogP contribution is -2.25. The zero-order chi connectivity index (χ0) is 13.4. The second-order valence-corrected chi connectivity index (χ2v) is 6.82. The highest BCUT2D eigenvalue weighted by molar-refractivity contribution is 7.91. The molecule has 0 aliphatic carbocycles. The summed E-state index contributed by atoms with van der Waals surface area (Å²) in [7, 11) is -3.38. The van der Waals surface area contributed by atoms with Crippen molar-refractivity contribution < 1.29 is 18.3 Å². The largest absolute Gasteiger partial charge is 0.394 e. The molecule has 0 fully saturated rings. The number of aryl methyl sites for hydroxylation is 1. The van der Waals surface area contributed by atoms with Gasteiger partial charge in [-0.1, -0.05) is 6.92 Å². The molecule has 1 aromatic rings. The number of nitrogens with one attached hydrogen (secondary N) is 1. The minimum Gasteiger partial charge on any atom is -0.394 e. The Kier molecular flexibility index (Phi) is 6.80. The Hall–Kier alpha value is -0.470. The first-order valence-corrected chi connectivity index (χ1v) is 8.17. The minimum absolute atomic E-state index is 0.0132. The summed E-state index contributed by atoms with van der Waals surface area (Å²) in [5, 5.41) is 8.49. The topological polar surface area (TPSA) is 75.6 Å². The minimum atomic E-state index is -3.38. The van der Waals surface area contributed by atoms with Gasteiger partial charge < -0.3 is 9.84 Å². The fourth-order valence-electron chi connectivity index (χ4n) is 1.31. The number of hydrogen-bond donors (Lipinski definition) is 2. The lowest BCUT2D eigenvalue weighted by atomic mass is 10.4. The Morgan fingerprint density at radius 3 is 2.78 bits per heavy atom. The van der Waals surface area contributed by atoms with Crippen molar-refractivity contribution in [3.05, 3.63) is 17.0 Å². The molecule has 0 amide bonds. The monoisotopic (exact) mass is 293 g/mol. The number of sulfonamides is 1. The highest BCUT2D eigenvalue weighted by Crippen LogP contribution is 2.21. The van der Waals surface area contributed by atoms with Crippen molar-refractivity contribution >= 4 is 21.4 Å². The van der Waals surface area contributed by atoms with E-state index in [2.05, 4.69) is 4.72 Å². The van der Waals surface area contributed by atoms with Crippen molar-refractivity contribution in [3.8, 4) is 0 Å². The number of thiophene rings is 1. The summed E-state index contributed by atoms with van der Waals surface area (Å²) in [5.41, 5.74) is 0. The molecular formula is C11H19NO4S2. The number of ether oxygens (including phenoxy) is 1. The van der Waals surface area contributed by atoms with Crippen LogP contribution in [0.2, 0.25) is 0 Å². The molecule has 1 rings (SSSR count). The molecule has 1 heterocycles. The molecule has 18 heavy (non-hydrogen) atoms. The van der Waals surface area contributed by atoms with Gasteiger partial charge in [-0.15, -0.1) is 11.3 Å². The normalized spacial score (nSPS) is 11.9. The van der Waals surface area contributed by atoms with Gasteiger partial charge in [0.05, 0.1) is 13.2 Å². The molecule has 0 atom stereocenters. The highest BCUT2D eigenvalue weighted by Gasteiger charge is 2.15. The SMILES string of the molecule is CCc1ccc(S(=O)(=O)NCCCOCCO)s1. The van der Waals surface area contributed by atoms with Gasteiger partial charge in [-0.25, -0.2) is 13.1 Å². The van der Waals surface area contributed by atoms with Crippen molar-refractivity contribution in [2.45, 2.75) is 24.0 Å². The first-order valence-electron chi connectivity index (χ1n) is 5.87. The van der Waals surface area contributed by atoms with Gasteiger partial charge in [-0.2, -0.15) is 0 Å². The van der Waals surface area contributed by atoms with E-state index in [1.807, 2.05) is 13.0 Å². The predicted octanol–water partition coefficient (Wildman–Crippen LogP) is 0.988. The molecule has 0 aliphatic rings. The van der Waals surface area contributed by atoms with Crippen molar-refractivity contribution in [3.63, 3.8) is 0 Å². The smallest absolute Gasteiger partial charge is 0.250 e. The number of aliphatic hydroxyl groups excluding tert-OH is 1. The van der Waals surface area contributed by atoms with Crippen LogP contribution in [-0.2, 0) is 21.2 Å². The summed E-state index contributed by atoms with van der Waals surface area (Å²) >= 11 is 1.30. The Balaban J connectivity index is 2.36.